The number of hydrogen-bond donors (Lipinski definition) is 2. The molecule has 2 aromatic rings. The number of fused-ring (bicyclic) bond motifs is 1. The molecule has 120 valence electrons. The lowest BCUT2D eigenvalue weighted by molar-refractivity contribution is -0.384. The van der Waals surface area contributed by atoms with Gasteiger partial charge >= 0.3 is 5.97 Å². The van der Waals surface area contributed by atoms with Crippen LogP contribution in [-0.4, -0.2) is 27.4 Å². The minimum absolute atomic E-state index is 0.0416. The van der Waals surface area contributed by atoms with E-state index in [1.54, 1.807) is 12.1 Å². The number of benzene rings is 1. The zero-order chi connectivity index (χ0) is 16.6. The zero-order valence-electron chi connectivity index (χ0n) is 12.1. The molecule has 1 aromatic carbocycles. The number of amides is 1. The summed E-state index contributed by atoms with van der Waals surface area (Å²) in [6.07, 6.45) is 2.38. The number of nitro benzene ring substituents is 1. The Morgan fingerprint density at radius 2 is 1.96 bits per heavy atom. The third-order valence-corrected chi connectivity index (χ3v) is 5.27. The zero-order valence-corrected chi connectivity index (χ0v) is 12.9. The number of nitrogens with zero attached hydrogens (tertiary/aromatic N) is 1. The fourth-order valence-electron chi connectivity index (χ4n) is 2.91. The Morgan fingerprint density at radius 1 is 1.26 bits per heavy atom. The molecule has 0 unspecified atom stereocenters. The maximum Gasteiger partial charge on any atom is 0.329 e. The number of aliphatic carboxylic acids is 1. The van der Waals surface area contributed by atoms with Gasteiger partial charge < -0.3 is 10.4 Å². The van der Waals surface area contributed by atoms with Crippen molar-refractivity contribution in [2.75, 3.05) is 0 Å². The molecule has 3 rings (SSSR count). The number of carbonyl (C=O) groups is 2. The quantitative estimate of drug-likeness (QED) is 0.660. The van der Waals surface area contributed by atoms with Crippen LogP contribution in [0.1, 0.15) is 35.4 Å². The van der Waals surface area contributed by atoms with E-state index in [2.05, 4.69) is 5.32 Å². The second-order valence-corrected chi connectivity index (χ2v) is 6.72. The van der Waals surface area contributed by atoms with Gasteiger partial charge in [0, 0.05) is 22.2 Å². The highest BCUT2D eigenvalue weighted by Crippen LogP contribution is 2.32. The van der Waals surface area contributed by atoms with Crippen LogP contribution < -0.4 is 5.32 Å². The van der Waals surface area contributed by atoms with Crippen LogP contribution in [0.25, 0.3) is 10.1 Å². The third kappa shape index (κ3) is 2.77. The summed E-state index contributed by atoms with van der Waals surface area (Å²) in [5.41, 5.74) is -1.24. The fourth-order valence-corrected chi connectivity index (χ4v) is 3.84. The highest BCUT2D eigenvalue weighted by Gasteiger charge is 2.42. The van der Waals surface area contributed by atoms with Crippen molar-refractivity contribution in [2.24, 2.45) is 0 Å². The normalized spacial score (nSPS) is 16.3. The minimum atomic E-state index is -1.20. The summed E-state index contributed by atoms with van der Waals surface area (Å²) in [7, 11) is 0. The molecule has 1 saturated carbocycles. The van der Waals surface area contributed by atoms with Crippen molar-refractivity contribution in [2.45, 2.75) is 31.2 Å². The van der Waals surface area contributed by atoms with Gasteiger partial charge in [-0.2, -0.15) is 0 Å². The van der Waals surface area contributed by atoms with Crippen LogP contribution in [0, 0.1) is 10.1 Å². The van der Waals surface area contributed by atoms with Crippen molar-refractivity contribution in [3.8, 4) is 0 Å². The highest BCUT2D eigenvalue weighted by atomic mass is 32.1. The molecule has 8 heteroatoms. The molecule has 1 heterocycles. The van der Waals surface area contributed by atoms with Crippen LogP contribution in [0.15, 0.2) is 24.3 Å². The van der Waals surface area contributed by atoms with Crippen molar-refractivity contribution in [3.05, 3.63) is 39.3 Å². The van der Waals surface area contributed by atoms with Gasteiger partial charge in [-0.05, 0) is 25.0 Å². The van der Waals surface area contributed by atoms with Crippen LogP contribution in [0.3, 0.4) is 0 Å². The van der Waals surface area contributed by atoms with Crippen LogP contribution in [0.4, 0.5) is 5.69 Å². The van der Waals surface area contributed by atoms with Gasteiger partial charge in [-0.15, -0.1) is 11.3 Å². The van der Waals surface area contributed by atoms with E-state index < -0.39 is 22.3 Å². The Labute approximate surface area is 135 Å². The third-order valence-electron chi connectivity index (χ3n) is 4.15. The molecule has 1 aliphatic rings. The summed E-state index contributed by atoms with van der Waals surface area (Å²) in [6.45, 7) is 0. The Hall–Kier alpha value is -2.48. The lowest BCUT2D eigenvalue weighted by Crippen LogP contribution is -2.52. The second-order valence-electron chi connectivity index (χ2n) is 5.64. The summed E-state index contributed by atoms with van der Waals surface area (Å²) < 4.78 is 0.747. The fraction of sp³-hybridized carbons (Fsp3) is 0.333. The molecular formula is C15H14N2O5S. The Kier molecular flexibility index (Phi) is 3.77. The van der Waals surface area contributed by atoms with E-state index in [1.807, 2.05) is 0 Å². The van der Waals surface area contributed by atoms with Crippen molar-refractivity contribution >= 4 is 39.0 Å². The maximum absolute atomic E-state index is 12.4. The summed E-state index contributed by atoms with van der Waals surface area (Å²) in [6, 6.07) is 5.95. The maximum atomic E-state index is 12.4. The highest BCUT2D eigenvalue weighted by molar-refractivity contribution is 7.20. The van der Waals surface area contributed by atoms with E-state index in [-0.39, 0.29) is 5.69 Å². The summed E-state index contributed by atoms with van der Waals surface area (Å²) >= 11 is 1.19. The Balaban J connectivity index is 1.89. The van der Waals surface area contributed by atoms with E-state index >= 15 is 0 Å². The van der Waals surface area contributed by atoms with Crippen LogP contribution in [0.5, 0.6) is 0 Å². The van der Waals surface area contributed by atoms with Gasteiger partial charge in [0.1, 0.15) is 5.54 Å². The topological polar surface area (TPSA) is 110 Å². The molecule has 0 bridgehead atoms. The second kappa shape index (κ2) is 5.62. The van der Waals surface area contributed by atoms with Gasteiger partial charge in [0.25, 0.3) is 11.6 Å². The first-order valence-electron chi connectivity index (χ1n) is 7.15. The molecule has 1 fully saturated rings. The average Bonchev–Trinajstić information content (AvgIpc) is 3.13. The molecule has 0 radical (unpaired) electrons. The smallest absolute Gasteiger partial charge is 0.329 e. The van der Waals surface area contributed by atoms with E-state index in [0.717, 1.165) is 17.5 Å². The van der Waals surface area contributed by atoms with Gasteiger partial charge in [-0.3, -0.25) is 14.9 Å². The summed E-state index contributed by atoms with van der Waals surface area (Å²) in [4.78, 5) is 34.6. The lowest BCUT2D eigenvalue weighted by Gasteiger charge is -2.24. The number of carbonyl (C=O) groups excluding carboxylic acids is 1. The molecule has 1 amide bonds. The SMILES string of the molecule is O=C(NC1(C(=O)O)CCCC1)c1cc2cc([N+](=O)[O-])ccc2s1. The van der Waals surface area contributed by atoms with Gasteiger partial charge in [0.2, 0.25) is 0 Å². The molecule has 0 saturated heterocycles. The van der Waals surface area contributed by atoms with Gasteiger partial charge in [-0.25, -0.2) is 4.79 Å². The number of hydrogen-bond acceptors (Lipinski definition) is 5. The first-order valence-corrected chi connectivity index (χ1v) is 7.97. The molecule has 0 atom stereocenters. The van der Waals surface area contributed by atoms with Crippen molar-refractivity contribution < 1.29 is 19.6 Å². The molecular weight excluding hydrogens is 320 g/mol. The predicted octanol–water partition coefficient (Wildman–Crippen LogP) is 2.94. The molecule has 1 aliphatic carbocycles. The van der Waals surface area contributed by atoms with Crippen molar-refractivity contribution in [1.82, 2.24) is 5.32 Å². The summed E-state index contributed by atoms with van der Waals surface area (Å²) in [5.74, 6) is -1.46. The first-order chi connectivity index (χ1) is 10.9. The van der Waals surface area contributed by atoms with Crippen LogP contribution >= 0.6 is 11.3 Å². The standard InChI is InChI=1S/C15H14N2O5S/c18-13(16-15(14(19)20)5-1-2-6-15)12-8-9-7-10(17(21)22)3-4-11(9)23-12/h3-4,7-8H,1-2,5-6H2,(H,16,18)(H,19,20). The number of carboxylic acids is 1. The molecule has 7 nitrogen and oxygen atoms in total. The average molecular weight is 334 g/mol. The van der Waals surface area contributed by atoms with E-state index in [9.17, 15) is 24.8 Å². The number of nitrogens with one attached hydrogen (secondary N) is 1. The van der Waals surface area contributed by atoms with E-state index in [1.165, 1.54) is 23.5 Å². The van der Waals surface area contributed by atoms with Gasteiger partial charge in [-0.1, -0.05) is 12.8 Å². The molecule has 23 heavy (non-hydrogen) atoms. The summed E-state index contributed by atoms with van der Waals surface area (Å²) in [5, 5.41) is 23.5. The van der Waals surface area contributed by atoms with E-state index in [4.69, 9.17) is 0 Å². The lowest BCUT2D eigenvalue weighted by atomic mass is 9.98. The predicted molar refractivity (Wildman–Crippen MR) is 84.8 cm³/mol. The number of nitro groups is 1. The Bertz CT molecular complexity index is 807. The number of carboxylic acid groups (broad SMARTS) is 1. The van der Waals surface area contributed by atoms with Gasteiger partial charge in [0.15, 0.2) is 0 Å². The minimum Gasteiger partial charge on any atom is -0.480 e. The van der Waals surface area contributed by atoms with E-state index in [0.29, 0.717) is 23.1 Å². The first kappa shape index (κ1) is 15.4. The number of non-ortho nitro benzene ring substituents is 1. The largest absolute Gasteiger partial charge is 0.480 e. The Morgan fingerprint density at radius 3 is 2.57 bits per heavy atom. The molecule has 0 spiro atoms. The monoisotopic (exact) mass is 334 g/mol. The molecule has 0 aliphatic heterocycles. The van der Waals surface area contributed by atoms with Crippen molar-refractivity contribution in [3.63, 3.8) is 0 Å². The number of thiophene rings is 1. The molecule has 1 aromatic heterocycles. The molecule has 2 N–H and O–H groups in total. The van der Waals surface area contributed by atoms with Gasteiger partial charge in [0.05, 0.1) is 9.80 Å². The number of rotatable bonds is 4. The van der Waals surface area contributed by atoms with Crippen LogP contribution in [-0.2, 0) is 4.79 Å². The van der Waals surface area contributed by atoms with Crippen molar-refractivity contribution in [1.29, 1.82) is 0 Å². The van der Waals surface area contributed by atoms with Crippen LogP contribution in [0.2, 0.25) is 0 Å².